The van der Waals surface area contributed by atoms with Gasteiger partial charge in [0.05, 0.1) is 0 Å². The molecule has 0 bridgehead atoms. The molecule has 0 aliphatic heterocycles. The third-order valence-electron chi connectivity index (χ3n) is 2.16. The molecule has 1 unspecified atom stereocenters. The first-order valence-corrected chi connectivity index (χ1v) is 4.57. The fraction of sp³-hybridized carbons (Fsp3) is 0.400. The first kappa shape index (κ1) is 11.4. The smallest absolute Gasteiger partial charge is 0.260 e. The van der Waals surface area contributed by atoms with E-state index in [9.17, 15) is 8.78 Å². The Morgan fingerprint density at radius 3 is 2.50 bits per heavy atom. The summed E-state index contributed by atoms with van der Waals surface area (Å²) in [5.41, 5.74) is 4.97. The van der Waals surface area contributed by atoms with E-state index in [1.807, 2.05) is 0 Å². The first-order chi connectivity index (χ1) is 6.35. The lowest BCUT2D eigenvalue weighted by Crippen LogP contribution is -2.40. The Bertz CT molecular complexity index is 337. The van der Waals surface area contributed by atoms with Crippen molar-refractivity contribution in [2.24, 2.45) is 5.73 Å². The quantitative estimate of drug-likeness (QED) is 0.813. The summed E-state index contributed by atoms with van der Waals surface area (Å²) in [6.07, 6.45) is -2.64. The zero-order chi connectivity index (χ0) is 10.9. The molecule has 0 saturated heterocycles. The second kappa shape index (κ2) is 3.83. The number of hydrogen-bond donors (Lipinski definition) is 1. The van der Waals surface area contributed by atoms with Crippen molar-refractivity contribution < 1.29 is 8.78 Å². The summed E-state index contributed by atoms with van der Waals surface area (Å²) in [6.45, 7) is 3.08. The minimum Gasteiger partial charge on any atom is -0.317 e. The molecule has 1 aromatic rings. The topological polar surface area (TPSA) is 26.0 Å². The van der Waals surface area contributed by atoms with Gasteiger partial charge in [-0.25, -0.2) is 8.78 Å². The molecule has 4 heteroatoms. The van der Waals surface area contributed by atoms with Gasteiger partial charge in [-0.15, -0.1) is 0 Å². The highest BCUT2D eigenvalue weighted by Crippen LogP contribution is 2.31. The van der Waals surface area contributed by atoms with Crippen LogP contribution < -0.4 is 5.73 Å². The Labute approximate surface area is 86.9 Å². The van der Waals surface area contributed by atoms with Crippen LogP contribution >= 0.6 is 11.6 Å². The monoisotopic (exact) mass is 219 g/mol. The van der Waals surface area contributed by atoms with E-state index in [1.165, 1.54) is 6.92 Å². The lowest BCUT2D eigenvalue weighted by atomic mass is 9.92. The van der Waals surface area contributed by atoms with Crippen LogP contribution in [0.3, 0.4) is 0 Å². The van der Waals surface area contributed by atoms with E-state index < -0.39 is 12.0 Å². The van der Waals surface area contributed by atoms with Gasteiger partial charge < -0.3 is 5.73 Å². The highest BCUT2D eigenvalue weighted by molar-refractivity contribution is 6.31. The second-order valence-corrected chi connectivity index (χ2v) is 3.97. The van der Waals surface area contributed by atoms with E-state index in [-0.39, 0.29) is 10.6 Å². The van der Waals surface area contributed by atoms with Gasteiger partial charge in [-0.3, -0.25) is 0 Å². The van der Waals surface area contributed by atoms with Crippen molar-refractivity contribution in [3.63, 3.8) is 0 Å². The van der Waals surface area contributed by atoms with Crippen LogP contribution in [0.1, 0.15) is 18.1 Å². The van der Waals surface area contributed by atoms with Crippen LogP contribution in [0.2, 0.25) is 5.02 Å². The summed E-state index contributed by atoms with van der Waals surface area (Å²) in [7, 11) is 0. The third kappa shape index (κ3) is 2.04. The average molecular weight is 220 g/mol. The van der Waals surface area contributed by atoms with Crippen LogP contribution in [0.15, 0.2) is 18.2 Å². The molecular weight excluding hydrogens is 208 g/mol. The molecule has 0 fully saturated rings. The minimum absolute atomic E-state index is 0.279. The van der Waals surface area contributed by atoms with Crippen molar-refractivity contribution >= 4 is 11.6 Å². The lowest BCUT2D eigenvalue weighted by Gasteiger charge is -2.25. The fourth-order valence-corrected chi connectivity index (χ4v) is 1.49. The van der Waals surface area contributed by atoms with Gasteiger partial charge in [0.2, 0.25) is 0 Å². The van der Waals surface area contributed by atoms with Gasteiger partial charge in [0.1, 0.15) is 5.54 Å². The van der Waals surface area contributed by atoms with Gasteiger partial charge in [-0.2, -0.15) is 0 Å². The molecule has 1 nitrogen and oxygen atoms in total. The maximum Gasteiger partial charge on any atom is 0.260 e. The molecule has 0 amide bonds. The van der Waals surface area contributed by atoms with Crippen molar-refractivity contribution in [3.05, 3.63) is 34.3 Å². The van der Waals surface area contributed by atoms with Crippen LogP contribution in [0.5, 0.6) is 0 Å². The Morgan fingerprint density at radius 1 is 1.43 bits per heavy atom. The van der Waals surface area contributed by atoms with E-state index in [0.717, 1.165) is 5.56 Å². The Kier molecular flexibility index (Phi) is 3.12. The average Bonchev–Trinajstić information content (AvgIpc) is 2.08. The normalized spacial score (nSPS) is 15.6. The highest BCUT2D eigenvalue weighted by atomic mass is 35.5. The van der Waals surface area contributed by atoms with Gasteiger partial charge in [-0.05, 0) is 25.5 Å². The van der Waals surface area contributed by atoms with E-state index >= 15 is 0 Å². The number of alkyl halides is 2. The van der Waals surface area contributed by atoms with Crippen LogP contribution in [-0.4, -0.2) is 6.43 Å². The molecule has 0 aliphatic rings. The lowest BCUT2D eigenvalue weighted by molar-refractivity contribution is 0.0625. The van der Waals surface area contributed by atoms with E-state index in [0.29, 0.717) is 0 Å². The standard InChI is InChI=1S/C10H12ClF2N/c1-6-3-4-8(11)7(5-6)10(2,14)9(12)13/h3-5,9H,14H2,1-2H3. The summed E-state index contributed by atoms with van der Waals surface area (Å²) in [6, 6.07) is 4.93. The molecule has 1 atom stereocenters. The van der Waals surface area contributed by atoms with E-state index in [1.54, 1.807) is 25.1 Å². The molecule has 14 heavy (non-hydrogen) atoms. The predicted molar refractivity (Wildman–Crippen MR) is 53.7 cm³/mol. The molecule has 0 aliphatic carbocycles. The van der Waals surface area contributed by atoms with Gasteiger partial charge in [-0.1, -0.05) is 29.3 Å². The largest absolute Gasteiger partial charge is 0.317 e. The molecule has 78 valence electrons. The maximum absolute atomic E-state index is 12.6. The predicted octanol–water partition coefficient (Wildman–Crippen LogP) is 3.09. The molecule has 0 heterocycles. The van der Waals surface area contributed by atoms with Crippen LogP contribution in [0.4, 0.5) is 8.78 Å². The minimum atomic E-state index is -2.64. The molecule has 0 saturated carbocycles. The second-order valence-electron chi connectivity index (χ2n) is 3.57. The SMILES string of the molecule is Cc1ccc(Cl)c(C(C)(N)C(F)F)c1. The maximum atomic E-state index is 12.6. The summed E-state index contributed by atoms with van der Waals surface area (Å²) in [5.74, 6) is 0. The van der Waals surface area contributed by atoms with Crippen molar-refractivity contribution in [1.82, 2.24) is 0 Å². The molecule has 0 aromatic heterocycles. The molecule has 1 aromatic carbocycles. The Hall–Kier alpha value is -0.670. The number of hydrogen-bond acceptors (Lipinski definition) is 1. The number of benzene rings is 1. The van der Waals surface area contributed by atoms with Gasteiger partial charge in [0.15, 0.2) is 0 Å². The number of rotatable bonds is 2. The number of halogens is 3. The first-order valence-electron chi connectivity index (χ1n) is 4.19. The Balaban J connectivity index is 3.24. The summed E-state index contributed by atoms with van der Waals surface area (Å²) < 4.78 is 25.3. The van der Waals surface area contributed by atoms with Gasteiger partial charge in [0.25, 0.3) is 6.43 Å². The molecule has 0 radical (unpaired) electrons. The van der Waals surface area contributed by atoms with E-state index in [4.69, 9.17) is 17.3 Å². The number of aryl methyl sites for hydroxylation is 1. The van der Waals surface area contributed by atoms with Gasteiger partial charge >= 0.3 is 0 Å². The van der Waals surface area contributed by atoms with Crippen molar-refractivity contribution in [2.75, 3.05) is 0 Å². The molecular formula is C10H12ClF2N. The van der Waals surface area contributed by atoms with Crippen molar-refractivity contribution in [2.45, 2.75) is 25.8 Å². The Morgan fingerprint density at radius 2 is 2.00 bits per heavy atom. The molecule has 0 spiro atoms. The molecule has 2 N–H and O–H groups in total. The summed E-state index contributed by atoms with van der Waals surface area (Å²) in [4.78, 5) is 0. The number of nitrogens with two attached hydrogens (primary N) is 1. The zero-order valence-corrected chi connectivity index (χ0v) is 8.78. The van der Waals surface area contributed by atoms with Crippen LogP contribution in [-0.2, 0) is 5.54 Å². The van der Waals surface area contributed by atoms with Crippen LogP contribution in [0, 0.1) is 6.92 Å². The summed E-state index contributed by atoms with van der Waals surface area (Å²) in [5, 5.41) is 0.279. The van der Waals surface area contributed by atoms with Gasteiger partial charge in [0, 0.05) is 5.02 Å². The summed E-state index contributed by atoms with van der Waals surface area (Å²) >= 11 is 5.81. The zero-order valence-electron chi connectivity index (χ0n) is 8.02. The van der Waals surface area contributed by atoms with E-state index in [2.05, 4.69) is 0 Å². The fourth-order valence-electron chi connectivity index (χ4n) is 1.17. The molecule has 1 rings (SSSR count). The van der Waals surface area contributed by atoms with Crippen molar-refractivity contribution in [1.29, 1.82) is 0 Å². The highest BCUT2D eigenvalue weighted by Gasteiger charge is 2.34. The van der Waals surface area contributed by atoms with Crippen LogP contribution in [0.25, 0.3) is 0 Å². The third-order valence-corrected chi connectivity index (χ3v) is 2.49. The van der Waals surface area contributed by atoms with Crippen molar-refractivity contribution in [3.8, 4) is 0 Å².